The molecule has 0 bridgehead atoms. The van der Waals surface area contributed by atoms with Gasteiger partial charge in [-0.3, -0.25) is 4.79 Å². The molecule has 0 spiro atoms. The van der Waals surface area contributed by atoms with E-state index in [1.54, 1.807) is 0 Å². The Bertz CT molecular complexity index is 1210. The van der Waals surface area contributed by atoms with Gasteiger partial charge in [-0.05, 0) is 25.5 Å². The lowest BCUT2D eigenvalue weighted by Crippen LogP contribution is -2.37. The summed E-state index contributed by atoms with van der Waals surface area (Å²) in [6.07, 6.45) is 0. The molecule has 0 unspecified atom stereocenters. The van der Waals surface area contributed by atoms with Crippen molar-refractivity contribution in [3.63, 3.8) is 0 Å². The summed E-state index contributed by atoms with van der Waals surface area (Å²) in [6, 6.07) is 0. The van der Waals surface area contributed by atoms with Crippen molar-refractivity contribution in [2.45, 2.75) is 99.6 Å². The molecule has 2 aliphatic rings. The van der Waals surface area contributed by atoms with Crippen molar-refractivity contribution in [1.29, 1.82) is 0 Å². The van der Waals surface area contributed by atoms with Gasteiger partial charge in [-0.1, -0.05) is 47.3 Å². The zero-order chi connectivity index (χ0) is 26.3. The molecule has 0 saturated heterocycles. The van der Waals surface area contributed by atoms with Crippen LogP contribution in [0.25, 0.3) is 5.57 Å². The van der Waals surface area contributed by atoms with Gasteiger partial charge in [0, 0.05) is 47.8 Å². The first-order valence-corrected chi connectivity index (χ1v) is 11.6. The molecule has 0 saturated carbocycles. The minimum absolute atomic E-state index is 0.101. The minimum Gasteiger partial charge on any atom is -0.871 e. The number of aliphatic hydroxyl groups is 1. The maximum atomic E-state index is 13.6. The van der Waals surface area contributed by atoms with Gasteiger partial charge in [0.2, 0.25) is 5.88 Å². The number of allylic oxidation sites excluding steroid dienone is 2. The molecule has 0 aromatic carbocycles. The van der Waals surface area contributed by atoms with Crippen LogP contribution in [-0.4, -0.2) is 47.6 Å². The van der Waals surface area contributed by atoms with E-state index in [2.05, 4.69) is 10.2 Å². The number of nitrogens with zero attached hydrogens (tertiary/aromatic N) is 4. The summed E-state index contributed by atoms with van der Waals surface area (Å²) in [6.45, 7) is 22.8. The van der Waals surface area contributed by atoms with Crippen LogP contribution in [0.15, 0.2) is 22.0 Å². The van der Waals surface area contributed by atoms with Gasteiger partial charge < -0.3 is 15.3 Å². The lowest BCUT2D eigenvalue weighted by atomic mass is 9.74. The molecule has 1 aliphatic carbocycles. The monoisotopic (exact) mass is 470 g/mol. The van der Waals surface area contributed by atoms with E-state index >= 15 is 0 Å². The number of aromatic hydroxyl groups is 1. The highest BCUT2D eigenvalue weighted by atomic mass is 16.3. The van der Waals surface area contributed by atoms with Crippen LogP contribution in [0.4, 0.5) is 0 Å². The van der Waals surface area contributed by atoms with Crippen LogP contribution < -0.4 is 5.11 Å². The van der Waals surface area contributed by atoms with Gasteiger partial charge >= 0.3 is 5.90 Å². The first kappa shape index (κ1) is 25.7. The molecule has 3 rings (SSSR count). The average Bonchev–Trinajstić information content (AvgIpc) is 3.13. The highest BCUT2D eigenvalue weighted by Crippen LogP contribution is 2.46. The molecule has 0 radical (unpaired) electrons. The second-order valence-corrected chi connectivity index (χ2v) is 13.2. The quantitative estimate of drug-likeness (QED) is 0.479. The molecular formula is C26H38N4O4. The number of rotatable bonds is 1. The molecule has 8 heteroatoms. The van der Waals surface area contributed by atoms with Gasteiger partial charge in [-0.2, -0.15) is 5.10 Å². The minimum atomic E-state index is -0.559. The third kappa shape index (κ3) is 3.87. The van der Waals surface area contributed by atoms with Crippen molar-refractivity contribution in [2.24, 2.45) is 10.5 Å². The van der Waals surface area contributed by atoms with E-state index in [4.69, 9.17) is 0 Å². The zero-order valence-electron chi connectivity index (χ0n) is 22.5. The fourth-order valence-electron chi connectivity index (χ4n) is 4.11. The van der Waals surface area contributed by atoms with Gasteiger partial charge in [0.25, 0.3) is 0 Å². The van der Waals surface area contributed by atoms with Crippen LogP contribution in [0.3, 0.4) is 0 Å². The van der Waals surface area contributed by atoms with Crippen molar-refractivity contribution >= 4 is 23.0 Å². The van der Waals surface area contributed by atoms with Crippen molar-refractivity contribution in [3.05, 3.63) is 28.2 Å². The fraction of sp³-hybridized carbons (Fsp3) is 0.615. The van der Waals surface area contributed by atoms with E-state index in [1.807, 2.05) is 83.1 Å². The van der Waals surface area contributed by atoms with E-state index in [0.29, 0.717) is 11.4 Å². The number of hydrazone groups is 1. The Hall–Kier alpha value is -2.90. The van der Waals surface area contributed by atoms with Gasteiger partial charge in [-0.15, -0.1) is 0 Å². The Morgan fingerprint density at radius 1 is 0.824 bits per heavy atom. The van der Waals surface area contributed by atoms with Crippen molar-refractivity contribution in [1.82, 2.24) is 9.78 Å². The third-order valence-corrected chi connectivity index (χ3v) is 5.82. The Balaban J connectivity index is 2.36. The highest BCUT2D eigenvalue weighted by molar-refractivity contribution is 6.44. The van der Waals surface area contributed by atoms with Crippen molar-refractivity contribution < 1.29 is 24.8 Å². The maximum absolute atomic E-state index is 13.6. The molecule has 2 heterocycles. The van der Waals surface area contributed by atoms with Crippen molar-refractivity contribution in [3.8, 4) is 5.88 Å². The normalized spacial score (nSPS) is 20.4. The zero-order valence-corrected chi connectivity index (χ0v) is 22.5. The van der Waals surface area contributed by atoms with Gasteiger partial charge in [0.1, 0.15) is 11.3 Å². The van der Waals surface area contributed by atoms with E-state index in [-0.39, 0.29) is 34.1 Å². The number of hydrogen-bond donors (Lipinski definition) is 2. The first-order valence-electron chi connectivity index (χ1n) is 11.6. The molecule has 1 aliphatic heterocycles. The Kier molecular flexibility index (Phi) is 5.52. The average molecular weight is 471 g/mol. The first-order chi connectivity index (χ1) is 15.1. The number of aromatic nitrogens is 2. The predicted molar refractivity (Wildman–Crippen MR) is 131 cm³/mol. The van der Waals surface area contributed by atoms with Crippen LogP contribution in [-0.2, 0) is 15.7 Å². The van der Waals surface area contributed by atoms with Gasteiger partial charge in [-0.25, -0.2) is 4.68 Å². The largest absolute Gasteiger partial charge is 0.871 e. The van der Waals surface area contributed by atoms with Crippen LogP contribution in [0.5, 0.6) is 5.88 Å². The molecule has 34 heavy (non-hydrogen) atoms. The molecule has 1 aromatic heterocycles. The lowest BCUT2D eigenvalue weighted by molar-refractivity contribution is -0.605. The van der Waals surface area contributed by atoms with E-state index in [9.17, 15) is 20.1 Å². The topological polar surface area (TPSA) is 114 Å². The number of hydrogen-bond acceptors (Lipinski definition) is 5. The van der Waals surface area contributed by atoms with Crippen LogP contribution in [0.1, 0.15) is 94.3 Å². The second kappa shape index (κ2) is 7.30. The summed E-state index contributed by atoms with van der Waals surface area (Å²) in [4.78, 5) is 13.6. The molecule has 0 fully saturated rings. The Morgan fingerprint density at radius 3 is 1.74 bits per heavy atom. The summed E-state index contributed by atoms with van der Waals surface area (Å²) in [5.41, 5.74) is -1.09. The fourth-order valence-corrected chi connectivity index (χ4v) is 4.11. The molecular weight excluding hydrogens is 432 g/mol. The van der Waals surface area contributed by atoms with E-state index < -0.39 is 33.5 Å². The van der Waals surface area contributed by atoms with E-state index in [1.165, 1.54) is 9.37 Å². The van der Waals surface area contributed by atoms with Crippen LogP contribution >= 0.6 is 0 Å². The number of aliphatic hydroxyl groups excluding tert-OH is 1. The number of Topliss-reactive ketones (excluding diaryl/α,β-unsaturated/α-hetero) is 1. The van der Waals surface area contributed by atoms with Crippen LogP contribution in [0.2, 0.25) is 0 Å². The van der Waals surface area contributed by atoms with Gasteiger partial charge in [0.15, 0.2) is 11.3 Å². The second-order valence-electron chi connectivity index (χ2n) is 13.2. The molecule has 1 aromatic rings. The molecule has 2 N–H and O–H groups in total. The lowest BCUT2D eigenvalue weighted by Gasteiger charge is -2.33. The Morgan fingerprint density at radius 2 is 1.35 bits per heavy atom. The Labute approximate surface area is 202 Å². The standard InChI is InChI=1S/C26H38N4O4/c1-23(2,3)19-15(21(33)29(27-19)25(7,8)9)13-17(31)14(18(13)32)16-20(24(4,5)6)28-30(22(16)34)26(10,11)12/h1-12H3,(H2,27,28,31,32,33,34). The summed E-state index contributed by atoms with van der Waals surface area (Å²) in [7, 11) is 0. The predicted octanol–water partition coefficient (Wildman–Crippen LogP) is 3.78. The molecule has 8 nitrogen and oxygen atoms in total. The maximum Gasteiger partial charge on any atom is 0.401 e. The molecule has 0 atom stereocenters. The number of carbonyl (C=O) groups is 1. The van der Waals surface area contributed by atoms with E-state index in [0.717, 1.165) is 0 Å². The van der Waals surface area contributed by atoms with Crippen LogP contribution in [0, 0.1) is 5.41 Å². The number of ketones is 1. The van der Waals surface area contributed by atoms with Crippen molar-refractivity contribution in [2.75, 3.05) is 0 Å². The molecule has 0 amide bonds. The highest BCUT2D eigenvalue weighted by Gasteiger charge is 2.49. The summed E-state index contributed by atoms with van der Waals surface area (Å²) in [5.74, 6) is -1.46. The van der Waals surface area contributed by atoms with Gasteiger partial charge in [0.05, 0.1) is 16.8 Å². The summed E-state index contributed by atoms with van der Waals surface area (Å²) < 4.78 is 2.90. The molecule has 186 valence electrons. The SMILES string of the molecule is CC(C)(C)C1=N[N+](C(C)(C)C)=C(O)/C1=C1\C(=O)C(c2c(C(C)(C)C)nn(C(C)(C)C)c2O)=C1[O-]. The number of carbonyl (C=O) groups excluding carboxylic acids is 1. The smallest absolute Gasteiger partial charge is 0.401 e. The third-order valence-electron chi connectivity index (χ3n) is 5.82. The summed E-state index contributed by atoms with van der Waals surface area (Å²) in [5, 5.41) is 44.9. The summed E-state index contributed by atoms with van der Waals surface area (Å²) >= 11 is 0.